The summed E-state index contributed by atoms with van der Waals surface area (Å²) in [6, 6.07) is 0. The third-order valence-corrected chi connectivity index (χ3v) is 0. The maximum atomic E-state index is 8.55. The van der Waals surface area contributed by atoms with E-state index in [0.29, 0.717) is 0 Å². The minimum Gasteiger partial charge on any atom is -0.822 e. The summed E-state index contributed by atoms with van der Waals surface area (Å²) in [6.45, 7) is 0. The number of rotatable bonds is 0. The molecule has 0 N–H and O–H groups in total. The van der Waals surface area contributed by atoms with Crippen molar-refractivity contribution in [2.45, 2.75) is 0 Å². The van der Waals surface area contributed by atoms with Crippen LogP contribution in [0.15, 0.2) is 0 Å². The predicted molar refractivity (Wildman–Crippen MR) is 7.61 cm³/mol. The molecular formula is FeMnNaO4P. The summed E-state index contributed by atoms with van der Waals surface area (Å²) < 4.78 is 8.55. The van der Waals surface area contributed by atoms with Crippen molar-refractivity contribution in [1.29, 1.82) is 0 Å². The van der Waals surface area contributed by atoms with Crippen molar-refractivity contribution >= 4 is 7.82 Å². The van der Waals surface area contributed by atoms with E-state index in [9.17, 15) is 0 Å². The average Bonchev–Trinajstić information content (AvgIpc) is 0.722. The molecule has 0 aliphatic heterocycles. The van der Waals surface area contributed by atoms with Crippen LogP contribution >= 0.6 is 7.82 Å². The zero-order valence-corrected chi connectivity index (χ0v) is 8.99. The molecule has 0 bridgehead atoms. The quantitative estimate of drug-likeness (QED) is 0.305. The van der Waals surface area contributed by atoms with Gasteiger partial charge in [-0.25, -0.2) is 0 Å². The van der Waals surface area contributed by atoms with Gasteiger partial charge in [0.25, 0.3) is 0 Å². The fourth-order valence-electron chi connectivity index (χ4n) is 0. The van der Waals surface area contributed by atoms with Crippen molar-refractivity contribution in [2.24, 2.45) is 0 Å². The van der Waals surface area contributed by atoms with Gasteiger partial charge in [0.1, 0.15) is 0 Å². The van der Waals surface area contributed by atoms with Crippen molar-refractivity contribution in [1.82, 2.24) is 0 Å². The first-order valence-corrected chi connectivity index (χ1v) is 2.19. The molecule has 4 nitrogen and oxygen atoms in total. The molecule has 1 radical (unpaired) electrons. The smallest absolute Gasteiger partial charge is 0.822 e. The van der Waals surface area contributed by atoms with E-state index in [0.717, 1.165) is 0 Å². The molecule has 0 saturated carbocycles. The van der Waals surface area contributed by atoms with Gasteiger partial charge in [0.2, 0.25) is 0 Å². The summed E-state index contributed by atoms with van der Waals surface area (Å²) in [5, 5.41) is 0. The van der Waals surface area contributed by atoms with Gasteiger partial charge in [-0.15, -0.1) is 0 Å². The molecule has 0 aliphatic carbocycles. The summed E-state index contributed by atoms with van der Waals surface area (Å²) in [5.41, 5.74) is 0. The monoisotopic (exact) mass is 229 g/mol. The number of hydrogen-bond donors (Lipinski definition) is 0. The van der Waals surface area contributed by atoms with Gasteiger partial charge in [-0.2, -0.15) is 7.82 Å². The normalized spacial score (nSPS) is 7.38. The van der Waals surface area contributed by atoms with Crippen LogP contribution in [-0.2, 0) is 38.7 Å². The Balaban J connectivity index is -0.0000000267. The Morgan fingerprint density at radius 1 is 1.12 bits per heavy atom. The van der Waals surface area contributed by atoms with Gasteiger partial charge in [-0.3, -0.25) is 0 Å². The van der Waals surface area contributed by atoms with Crippen LogP contribution in [0.2, 0.25) is 0 Å². The van der Waals surface area contributed by atoms with Gasteiger partial charge in [0.05, 0.1) is 0 Å². The molecule has 0 aromatic heterocycles. The van der Waals surface area contributed by atoms with Crippen LogP contribution in [0.1, 0.15) is 0 Å². The van der Waals surface area contributed by atoms with Gasteiger partial charge in [0.15, 0.2) is 0 Å². The van der Waals surface area contributed by atoms with Crippen LogP contribution in [0.4, 0.5) is 0 Å². The Morgan fingerprint density at radius 2 is 1.12 bits per heavy atom. The maximum Gasteiger partial charge on any atom is 2.00 e. The molecule has 0 heterocycles. The van der Waals surface area contributed by atoms with E-state index in [1.165, 1.54) is 0 Å². The predicted octanol–water partition coefficient (Wildman–Crippen LogP) is -5.83. The number of hydrogen-bond acceptors (Lipinski definition) is 4. The van der Waals surface area contributed by atoms with Crippen LogP contribution in [0.3, 0.4) is 0 Å². The van der Waals surface area contributed by atoms with Gasteiger partial charge in [0, 0.05) is 17.1 Å². The summed E-state index contributed by atoms with van der Waals surface area (Å²) >= 11 is 0. The molecule has 0 atom stereocenters. The van der Waals surface area contributed by atoms with Crippen molar-refractivity contribution in [3.63, 3.8) is 0 Å². The fourth-order valence-corrected chi connectivity index (χ4v) is 0. The second kappa shape index (κ2) is 9.15. The first-order chi connectivity index (χ1) is 2.00. The standard InChI is InChI=1S/Fe.Mn.Na.H3O4P/c;;;1-5(2,3)4/h;;;(H3,1,2,3,4)/q;+2;+1;/p-3. The van der Waals surface area contributed by atoms with Crippen molar-refractivity contribution in [3.05, 3.63) is 0 Å². The molecule has 8 heteroatoms. The molecule has 0 saturated heterocycles. The van der Waals surface area contributed by atoms with Gasteiger partial charge in [-0.05, 0) is 0 Å². The van der Waals surface area contributed by atoms with Crippen molar-refractivity contribution in [3.8, 4) is 0 Å². The third-order valence-electron chi connectivity index (χ3n) is 0. The Hall–Kier alpha value is 2.15. The molecule has 0 spiro atoms. The van der Waals surface area contributed by atoms with E-state index in [-0.39, 0.29) is 63.7 Å². The fraction of sp³-hybridized carbons (Fsp3) is 0. The van der Waals surface area contributed by atoms with Crippen molar-refractivity contribution < 1.29 is 82.9 Å². The van der Waals surface area contributed by atoms with E-state index in [2.05, 4.69) is 0 Å². The molecule has 8 heavy (non-hydrogen) atoms. The summed E-state index contributed by atoms with van der Waals surface area (Å²) in [7, 11) is -5.39. The third kappa shape index (κ3) is 90.2. The SMILES string of the molecule is O=P([O-])([O-])[O-].[Fe].[Mn+2].[Na+]. The topological polar surface area (TPSA) is 86.2 Å². The molecule has 0 unspecified atom stereocenters. The first kappa shape index (κ1) is 22.5. The number of phosphoric acid groups is 1. The Labute approximate surface area is 89.9 Å². The molecule has 0 aliphatic rings. The molecular weight excluding hydrogens is 229 g/mol. The van der Waals surface area contributed by atoms with Gasteiger partial charge >= 0.3 is 46.6 Å². The summed E-state index contributed by atoms with van der Waals surface area (Å²) in [5.74, 6) is 0. The zero-order chi connectivity index (χ0) is 4.50. The second-order valence-electron chi connectivity index (χ2n) is 0.447. The largest absolute Gasteiger partial charge is 2.00 e. The van der Waals surface area contributed by atoms with E-state index in [1.54, 1.807) is 0 Å². The molecule has 0 rings (SSSR count). The minimum absolute atomic E-state index is 0. The van der Waals surface area contributed by atoms with E-state index in [4.69, 9.17) is 19.2 Å². The van der Waals surface area contributed by atoms with Crippen LogP contribution in [0, 0.1) is 0 Å². The molecule has 45 valence electrons. The van der Waals surface area contributed by atoms with E-state index < -0.39 is 7.82 Å². The van der Waals surface area contributed by atoms with Crippen LogP contribution < -0.4 is 44.2 Å². The summed E-state index contributed by atoms with van der Waals surface area (Å²) in [4.78, 5) is 25.6. The molecule has 0 aromatic carbocycles. The van der Waals surface area contributed by atoms with Crippen LogP contribution in [0.5, 0.6) is 0 Å². The molecule has 0 aromatic rings. The van der Waals surface area contributed by atoms with E-state index >= 15 is 0 Å². The Kier molecular flexibility index (Phi) is 25.7. The van der Waals surface area contributed by atoms with Gasteiger partial charge < -0.3 is 19.2 Å². The van der Waals surface area contributed by atoms with Crippen molar-refractivity contribution in [2.75, 3.05) is 0 Å². The molecule has 0 fully saturated rings. The Bertz CT molecular complexity index is 62.2. The Morgan fingerprint density at radius 3 is 1.12 bits per heavy atom. The maximum absolute atomic E-state index is 8.55. The second-order valence-corrected chi connectivity index (χ2v) is 1.34. The first-order valence-electron chi connectivity index (χ1n) is 0.730. The van der Waals surface area contributed by atoms with E-state index in [1.807, 2.05) is 0 Å². The average molecular weight is 229 g/mol. The minimum atomic E-state index is -5.39. The molecule has 0 amide bonds. The van der Waals surface area contributed by atoms with Gasteiger partial charge in [-0.1, -0.05) is 0 Å². The zero-order valence-electron chi connectivity index (χ0n) is 3.81. The van der Waals surface area contributed by atoms with Crippen LogP contribution in [0.25, 0.3) is 0 Å². The van der Waals surface area contributed by atoms with Crippen LogP contribution in [-0.4, -0.2) is 0 Å². The summed E-state index contributed by atoms with van der Waals surface area (Å²) in [6.07, 6.45) is 0.